The maximum Gasteiger partial charge on any atom is 0.251 e. The number of halogens is 1. The molecule has 110 valence electrons. The number of hydrogen-bond acceptors (Lipinski definition) is 3. The van der Waals surface area contributed by atoms with Gasteiger partial charge in [-0.15, -0.1) is 0 Å². The van der Waals surface area contributed by atoms with Crippen LogP contribution in [-0.4, -0.2) is 20.1 Å². The van der Waals surface area contributed by atoms with Crippen LogP contribution in [-0.2, 0) is 6.54 Å². The van der Waals surface area contributed by atoms with E-state index in [1.165, 1.54) is 0 Å². The Morgan fingerprint density at radius 3 is 2.48 bits per heavy atom. The van der Waals surface area contributed by atoms with Crippen LogP contribution in [0.25, 0.3) is 0 Å². The Hall–Kier alpha value is -2.01. The molecule has 0 aliphatic rings. The van der Waals surface area contributed by atoms with E-state index in [-0.39, 0.29) is 5.91 Å². The van der Waals surface area contributed by atoms with Crippen molar-refractivity contribution in [2.45, 2.75) is 6.54 Å². The Morgan fingerprint density at radius 1 is 1.10 bits per heavy atom. The second-order valence-corrected chi connectivity index (χ2v) is 5.20. The molecule has 0 radical (unpaired) electrons. The van der Waals surface area contributed by atoms with Gasteiger partial charge in [-0.25, -0.2) is 0 Å². The number of methoxy groups -OCH3 is 2. The van der Waals surface area contributed by atoms with Gasteiger partial charge in [0, 0.05) is 17.7 Å². The first-order valence-corrected chi connectivity index (χ1v) is 7.18. The number of hydrogen-bond donors (Lipinski definition) is 1. The van der Waals surface area contributed by atoms with E-state index in [0.717, 1.165) is 15.8 Å². The highest BCUT2D eigenvalue weighted by Crippen LogP contribution is 2.25. The lowest BCUT2D eigenvalue weighted by Crippen LogP contribution is -2.23. The zero-order valence-electron chi connectivity index (χ0n) is 11.9. The number of ether oxygens (including phenoxy) is 2. The molecule has 0 atom stereocenters. The predicted molar refractivity (Wildman–Crippen MR) is 84.9 cm³/mol. The van der Waals surface area contributed by atoms with Crippen LogP contribution < -0.4 is 14.8 Å². The Balaban J connectivity index is 2.06. The largest absolute Gasteiger partial charge is 0.496 e. The summed E-state index contributed by atoms with van der Waals surface area (Å²) in [6.45, 7) is 0.409. The summed E-state index contributed by atoms with van der Waals surface area (Å²) < 4.78 is 11.1. The van der Waals surface area contributed by atoms with Gasteiger partial charge in [-0.2, -0.15) is 0 Å². The van der Waals surface area contributed by atoms with E-state index in [0.29, 0.717) is 17.9 Å². The maximum absolute atomic E-state index is 12.2. The van der Waals surface area contributed by atoms with Crippen LogP contribution in [0.4, 0.5) is 0 Å². The molecule has 0 spiro atoms. The van der Waals surface area contributed by atoms with Crippen molar-refractivity contribution in [3.8, 4) is 11.5 Å². The van der Waals surface area contributed by atoms with Crippen LogP contribution in [0, 0.1) is 0 Å². The molecule has 2 aromatic rings. The van der Waals surface area contributed by atoms with Gasteiger partial charge < -0.3 is 14.8 Å². The third-order valence-electron chi connectivity index (χ3n) is 3.05. The minimum atomic E-state index is -0.149. The van der Waals surface area contributed by atoms with Crippen molar-refractivity contribution in [2.24, 2.45) is 0 Å². The van der Waals surface area contributed by atoms with Gasteiger partial charge in [0.05, 0.1) is 18.7 Å². The van der Waals surface area contributed by atoms with Crippen molar-refractivity contribution >= 4 is 21.8 Å². The molecule has 1 amide bonds. The predicted octanol–water partition coefficient (Wildman–Crippen LogP) is 3.40. The Kier molecular flexibility index (Phi) is 5.22. The van der Waals surface area contributed by atoms with E-state index in [4.69, 9.17) is 9.47 Å². The molecule has 2 rings (SSSR count). The van der Waals surface area contributed by atoms with Gasteiger partial charge in [0.1, 0.15) is 11.5 Å². The van der Waals surface area contributed by atoms with Crippen molar-refractivity contribution in [3.05, 3.63) is 58.1 Å². The summed E-state index contributed by atoms with van der Waals surface area (Å²) in [5.41, 5.74) is 1.50. The average molecular weight is 350 g/mol. The quantitative estimate of drug-likeness (QED) is 0.899. The van der Waals surface area contributed by atoms with Crippen LogP contribution in [0.3, 0.4) is 0 Å². The fraction of sp³-hybridized carbons (Fsp3) is 0.188. The molecule has 21 heavy (non-hydrogen) atoms. The lowest BCUT2D eigenvalue weighted by Gasteiger charge is -2.10. The van der Waals surface area contributed by atoms with Gasteiger partial charge in [-0.1, -0.05) is 18.2 Å². The monoisotopic (exact) mass is 349 g/mol. The third kappa shape index (κ3) is 3.76. The van der Waals surface area contributed by atoms with E-state index in [2.05, 4.69) is 21.2 Å². The molecule has 1 N–H and O–H groups in total. The lowest BCUT2D eigenvalue weighted by molar-refractivity contribution is 0.0950. The first-order valence-electron chi connectivity index (χ1n) is 6.39. The van der Waals surface area contributed by atoms with E-state index < -0.39 is 0 Å². The van der Waals surface area contributed by atoms with Crippen molar-refractivity contribution < 1.29 is 14.3 Å². The normalized spacial score (nSPS) is 10.0. The minimum Gasteiger partial charge on any atom is -0.496 e. The molecule has 0 aliphatic carbocycles. The minimum absolute atomic E-state index is 0.149. The number of rotatable bonds is 5. The number of amides is 1. The Bertz CT molecular complexity index is 643. The van der Waals surface area contributed by atoms with E-state index in [9.17, 15) is 4.79 Å². The van der Waals surface area contributed by atoms with Crippen molar-refractivity contribution in [1.82, 2.24) is 5.32 Å². The second kappa shape index (κ2) is 7.13. The first kappa shape index (κ1) is 15.4. The van der Waals surface area contributed by atoms with Crippen LogP contribution in [0.15, 0.2) is 46.9 Å². The van der Waals surface area contributed by atoms with Gasteiger partial charge in [-0.05, 0) is 40.2 Å². The van der Waals surface area contributed by atoms with E-state index in [1.54, 1.807) is 32.4 Å². The zero-order valence-corrected chi connectivity index (χ0v) is 13.4. The molecular formula is C16H16BrNO3. The topological polar surface area (TPSA) is 47.6 Å². The van der Waals surface area contributed by atoms with Crippen LogP contribution in [0.2, 0.25) is 0 Å². The van der Waals surface area contributed by atoms with Crippen LogP contribution in [0.1, 0.15) is 15.9 Å². The maximum atomic E-state index is 12.2. The number of carbonyl (C=O) groups excluding carboxylic acids is 1. The van der Waals surface area contributed by atoms with Gasteiger partial charge in [0.2, 0.25) is 0 Å². The molecule has 0 aromatic heterocycles. The second-order valence-electron chi connectivity index (χ2n) is 4.34. The van der Waals surface area contributed by atoms with Gasteiger partial charge in [0.15, 0.2) is 0 Å². The van der Waals surface area contributed by atoms with E-state index in [1.807, 2.05) is 24.3 Å². The molecule has 4 nitrogen and oxygen atoms in total. The summed E-state index contributed by atoms with van der Waals surface area (Å²) in [6, 6.07) is 12.8. The number of carbonyl (C=O) groups is 1. The molecular weight excluding hydrogens is 334 g/mol. The summed E-state index contributed by atoms with van der Waals surface area (Å²) in [5.74, 6) is 1.30. The first-order chi connectivity index (χ1) is 10.2. The molecule has 0 bridgehead atoms. The van der Waals surface area contributed by atoms with Crippen molar-refractivity contribution in [3.63, 3.8) is 0 Å². The average Bonchev–Trinajstić information content (AvgIpc) is 2.52. The smallest absolute Gasteiger partial charge is 0.251 e. The van der Waals surface area contributed by atoms with Gasteiger partial charge >= 0.3 is 0 Å². The molecule has 0 saturated carbocycles. The molecule has 5 heteroatoms. The standard InChI is InChI=1S/C16H16BrNO3/c1-20-14-6-4-3-5-12(14)10-18-16(19)11-7-8-15(21-2)13(17)9-11/h3-9H,10H2,1-2H3,(H,18,19). The van der Waals surface area contributed by atoms with Gasteiger partial charge in [-0.3, -0.25) is 4.79 Å². The number of nitrogens with one attached hydrogen (secondary N) is 1. The lowest BCUT2D eigenvalue weighted by atomic mass is 10.1. The highest BCUT2D eigenvalue weighted by Gasteiger charge is 2.09. The molecule has 0 fully saturated rings. The summed E-state index contributed by atoms with van der Waals surface area (Å²) >= 11 is 3.37. The highest BCUT2D eigenvalue weighted by atomic mass is 79.9. The van der Waals surface area contributed by atoms with Crippen LogP contribution >= 0.6 is 15.9 Å². The molecule has 0 aliphatic heterocycles. The van der Waals surface area contributed by atoms with Crippen molar-refractivity contribution in [1.29, 1.82) is 0 Å². The Labute approximate surface area is 132 Å². The summed E-state index contributed by atoms with van der Waals surface area (Å²) in [6.07, 6.45) is 0. The van der Waals surface area contributed by atoms with E-state index >= 15 is 0 Å². The summed E-state index contributed by atoms with van der Waals surface area (Å²) in [5, 5.41) is 2.87. The fourth-order valence-electron chi connectivity index (χ4n) is 1.93. The summed E-state index contributed by atoms with van der Waals surface area (Å²) in [7, 11) is 3.20. The molecule has 2 aromatic carbocycles. The highest BCUT2D eigenvalue weighted by molar-refractivity contribution is 9.10. The molecule has 0 heterocycles. The van der Waals surface area contributed by atoms with Crippen LogP contribution in [0.5, 0.6) is 11.5 Å². The van der Waals surface area contributed by atoms with Crippen molar-refractivity contribution in [2.75, 3.05) is 14.2 Å². The SMILES string of the molecule is COc1ccc(C(=O)NCc2ccccc2OC)cc1Br. The third-order valence-corrected chi connectivity index (χ3v) is 3.67. The van der Waals surface area contributed by atoms with Gasteiger partial charge in [0.25, 0.3) is 5.91 Å². The summed E-state index contributed by atoms with van der Waals surface area (Å²) in [4.78, 5) is 12.2. The zero-order chi connectivity index (χ0) is 15.2. The molecule has 0 saturated heterocycles. The molecule has 0 unspecified atom stereocenters. The number of benzene rings is 2. The Morgan fingerprint density at radius 2 is 1.81 bits per heavy atom. The number of para-hydroxylation sites is 1. The fourth-order valence-corrected chi connectivity index (χ4v) is 2.47.